The number of fused-ring (bicyclic) bond motifs is 2. The number of hydrogen-bond acceptors (Lipinski definition) is 6. The van der Waals surface area contributed by atoms with E-state index >= 15 is 0 Å². The van der Waals surface area contributed by atoms with Gasteiger partial charge >= 0.3 is 0 Å². The number of carbonyl (C=O) groups is 1. The molecule has 126 valence electrons. The molecule has 3 aromatic rings. The molecule has 4 rings (SSSR count). The quantitative estimate of drug-likeness (QED) is 0.775. The molecule has 1 aliphatic rings. The summed E-state index contributed by atoms with van der Waals surface area (Å²) in [6.45, 7) is 3.85. The lowest BCUT2D eigenvalue weighted by molar-refractivity contribution is -0.124. The molecule has 25 heavy (non-hydrogen) atoms. The first-order valence-electron chi connectivity index (χ1n) is 7.87. The smallest absolute Gasteiger partial charge is 0.232 e. The maximum absolute atomic E-state index is 13.0. The topological polar surface area (TPSA) is 77.0 Å². The highest BCUT2D eigenvalue weighted by molar-refractivity contribution is 7.09. The van der Waals surface area contributed by atoms with E-state index in [1.165, 1.54) is 6.33 Å². The third-order valence-corrected chi connectivity index (χ3v) is 5.02. The van der Waals surface area contributed by atoms with Gasteiger partial charge in [-0.1, -0.05) is 38.1 Å². The van der Waals surface area contributed by atoms with Gasteiger partial charge in [0, 0.05) is 34.8 Å². The lowest BCUT2D eigenvalue weighted by atomic mass is 9.70. The van der Waals surface area contributed by atoms with Crippen molar-refractivity contribution in [3.63, 3.8) is 0 Å². The lowest BCUT2D eigenvalue weighted by Crippen LogP contribution is -2.38. The molecule has 2 aromatic heterocycles. The minimum Gasteiger partial charge on any atom is -0.438 e. The number of rotatable bonds is 3. The highest BCUT2D eigenvalue weighted by atomic mass is 32.1. The van der Waals surface area contributed by atoms with Gasteiger partial charge in [0.2, 0.25) is 16.9 Å². The Kier molecular flexibility index (Phi) is 3.73. The minimum absolute atomic E-state index is 0.124. The molecule has 1 N–H and O–H groups in total. The second kappa shape index (κ2) is 5.93. The number of benzene rings is 1. The number of ether oxygens (including phenoxy) is 1. The van der Waals surface area contributed by atoms with E-state index in [1.807, 2.05) is 50.2 Å². The van der Waals surface area contributed by atoms with Crippen LogP contribution in [0.25, 0.3) is 0 Å². The van der Waals surface area contributed by atoms with E-state index < -0.39 is 5.41 Å². The molecule has 0 aliphatic carbocycles. The molecule has 1 aliphatic heterocycles. The van der Waals surface area contributed by atoms with Crippen LogP contribution in [0.5, 0.6) is 11.6 Å². The Labute approximate surface area is 149 Å². The van der Waals surface area contributed by atoms with Crippen molar-refractivity contribution in [3.05, 3.63) is 60.0 Å². The Morgan fingerprint density at radius 3 is 2.76 bits per heavy atom. The summed E-state index contributed by atoms with van der Waals surface area (Å²) >= 11 is 1.16. The average molecular weight is 352 g/mol. The van der Waals surface area contributed by atoms with Crippen molar-refractivity contribution in [1.29, 1.82) is 0 Å². The van der Waals surface area contributed by atoms with Gasteiger partial charge in [-0.05, 0) is 12.1 Å². The molecule has 1 atom stereocenters. The fourth-order valence-corrected chi connectivity index (χ4v) is 3.61. The maximum atomic E-state index is 13.0. The van der Waals surface area contributed by atoms with Gasteiger partial charge in [0.05, 0.1) is 5.41 Å². The molecule has 0 bridgehead atoms. The molecule has 1 aromatic carbocycles. The number of aromatic nitrogens is 3. The summed E-state index contributed by atoms with van der Waals surface area (Å²) in [5.74, 6) is 0.966. The lowest BCUT2D eigenvalue weighted by Gasteiger charge is -2.37. The molecular weight excluding hydrogens is 336 g/mol. The van der Waals surface area contributed by atoms with E-state index in [0.29, 0.717) is 11.0 Å². The summed E-state index contributed by atoms with van der Waals surface area (Å²) in [7, 11) is 0. The number of nitrogens with zero attached hydrogens (tertiary/aromatic N) is 3. The summed E-state index contributed by atoms with van der Waals surface area (Å²) in [4.78, 5) is 21.4. The van der Waals surface area contributed by atoms with Gasteiger partial charge in [0.15, 0.2) is 0 Å². The first kappa shape index (κ1) is 15.7. The van der Waals surface area contributed by atoms with Crippen LogP contribution >= 0.6 is 11.5 Å². The van der Waals surface area contributed by atoms with Crippen LogP contribution in [0.3, 0.4) is 0 Å². The number of hydrogen-bond donors (Lipinski definition) is 1. The van der Waals surface area contributed by atoms with Crippen molar-refractivity contribution in [2.24, 2.45) is 5.41 Å². The second-order valence-corrected chi connectivity index (χ2v) is 7.17. The number of carbonyl (C=O) groups excluding carboxylic acids is 1. The third kappa shape index (κ3) is 2.66. The standard InChI is InChI=1S/C18H16N4O2S/c1-18(2,16(23)22-17-20-10-21-25-17)14-11-6-3-4-8-13(11)24-15-12(14)7-5-9-19-15/h3-10,14H,1-2H3,(H,20,21,22,23). The second-order valence-electron chi connectivity index (χ2n) is 6.39. The zero-order chi connectivity index (χ0) is 17.4. The van der Waals surface area contributed by atoms with Gasteiger partial charge in [0.1, 0.15) is 12.1 Å². The zero-order valence-electron chi connectivity index (χ0n) is 13.8. The van der Waals surface area contributed by atoms with Crippen LogP contribution in [0.2, 0.25) is 0 Å². The van der Waals surface area contributed by atoms with Crippen molar-refractivity contribution in [2.45, 2.75) is 19.8 Å². The number of para-hydroxylation sites is 1. The van der Waals surface area contributed by atoms with Gasteiger partial charge in [0.25, 0.3) is 0 Å². The molecule has 7 heteroatoms. The van der Waals surface area contributed by atoms with Crippen molar-refractivity contribution < 1.29 is 9.53 Å². The van der Waals surface area contributed by atoms with Gasteiger partial charge in [-0.15, -0.1) is 0 Å². The molecule has 1 amide bonds. The summed E-state index contributed by atoms with van der Waals surface area (Å²) in [6.07, 6.45) is 3.12. The largest absolute Gasteiger partial charge is 0.438 e. The third-order valence-electron chi connectivity index (χ3n) is 4.44. The monoisotopic (exact) mass is 352 g/mol. The fraction of sp³-hybridized carbons (Fsp3) is 0.222. The van der Waals surface area contributed by atoms with Crippen LogP contribution in [-0.4, -0.2) is 20.2 Å². The summed E-state index contributed by atoms with van der Waals surface area (Å²) in [5, 5.41) is 3.36. The highest BCUT2D eigenvalue weighted by Gasteiger charge is 2.44. The number of pyridine rings is 1. The van der Waals surface area contributed by atoms with Crippen molar-refractivity contribution in [2.75, 3.05) is 5.32 Å². The number of amides is 1. The van der Waals surface area contributed by atoms with E-state index in [1.54, 1.807) is 6.20 Å². The predicted molar refractivity (Wildman–Crippen MR) is 94.9 cm³/mol. The Hall–Kier alpha value is -2.80. The van der Waals surface area contributed by atoms with Crippen molar-refractivity contribution >= 4 is 22.6 Å². The minimum atomic E-state index is -0.747. The number of anilines is 1. The fourth-order valence-electron chi connectivity index (χ4n) is 3.19. The molecule has 0 saturated heterocycles. The molecule has 0 fully saturated rings. The summed E-state index contributed by atoms with van der Waals surface area (Å²) in [6, 6.07) is 11.6. The molecule has 6 nitrogen and oxygen atoms in total. The summed E-state index contributed by atoms with van der Waals surface area (Å²) < 4.78 is 9.85. The van der Waals surface area contributed by atoms with Crippen LogP contribution < -0.4 is 10.1 Å². The van der Waals surface area contributed by atoms with Crippen molar-refractivity contribution in [1.82, 2.24) is 14.3 Å². The Bertz CT molecular complexity index is 879. The normalized spacial score (nSPS) is 15.7. The van der Waals surface area contributed by atoms with E-state index in [2.05, 4.69) is 19.7 Å². The van der Waals surface area contributed by atoms with Gasteiger partial charge in [-0.2, -0.15) is 4.37 Å². The average Bonchev–Trinajstić information content (AvgIpc) is 3.12. The summed E-state index contributed by atoms with van der Waals surface area (Å²) in [5.41, 5.74) is 1.13. The first-order valence-corrected chi connectivity index (χ1v) is 8.64. The molecule has 0 radical (unpaired) electrons. The molecular formula is C18H16N4O2S. The number of nitrogens with one attached hydrogen (secondary N) is 1. The van der Waals surface area contributed by atoms with Gasteiger partial charge in [-0.25, -0.2) is 9.97 Å². The van der Waals surface area contributed by atoms with E-state index in [0.717, 1.165) is 28.4 Å². The van der Waals surface area contributed by atoms with Gasteiger partial charge < -0.3 is 10.1 Å². The Morgan fingerprint density at radius 2 is 1.96 bits per heavy atom. The van der Waals surface area contributed by atoms with E-state index in [9.17, 15) is 4.79 Å². The van der Waals surface area contributed by atoms with Crippen LogP contribution in [-0.2, 0) is 4.79 Å². The Morgan fingerprint density at radius 1 is 1.16 bits per heavy atom. The van der Waals surface area contributed by atoms with E-state index in [4.69, 9.17) is 4.74 Å². The highest BCUT2D eigenvalue weighted by Crippen LogP contribution is 2.51. The molecule has 1 unspecified atom stereocenters. The SMILES string of the molecule is CC(C)(C(=O)Nc1ncns1)C1c2ccccc2Oc2ncccc21. The van der Waals surface area contributed by atoms with Crippen LogP contribution in [0.15, 0.2) is 48.9 Å². The predicted octanol–water partition coefficient (Wildman–Crippen LogP) is 3.84. The maximum Gasteiger partial charge on any atom is 0.232 e. The first-order chi connectivity index (χ1) is 12.1. The zero-order valence-corrected chi connectivity index (χ0v) is 14.6. The van der Waals surface area contributed by atoms with Gasteiger partial charge in [-0.3, -0.25) is 4.79 Å². The Balaban J connectivity index is 1.79. The van der Waals surface area contributed by atoms with Crippen molar-refractivity contribution in [3.8, 4) is 11.6 Å². The van der Waals surface area contributed by atoms with Crippen LogP contribution in [0.1, 0.15) is 30.9 Å². The van der Waals surface area contributed by atoms with Crippen LogP contribution in [0, 0.1) is 5.41 Å². The van der Waals surface area contributed by atoms with E-state index in [-0.39, 0.29) is 11.8 Å². The molecule has 0 spiro atoms. The van der Waals surface area contributed by atoms with Crippen LogP contribution in [0.4, 0.5) is 5.13 Å². The molecule has 3 heterocycles. The molecule has 0 saturated carbocycles.